The predicted octanol–water partition coefficient (Wildman–Crippen LogP) is 1.54. The van der Waals surface area contributed by atoms with Gasteiger partial charge in [0.05, 0.1) is 11.4 Å². The van der Waals surface area contributed by atoms with E-state index in [2.05, 4.69) is 15.1 Å². The van der Waals surface area contributed by atoms with E-state index in [-0.39, 0.29) is 5.56 Å². The highest BCUT2D eigenvalue weighted by molar-refractivity contribution is 5.90. The highest BCUT2D eigenvalue weighted by Gasteiger charge is 2.19. The highest BCUT2D eigenvalue weighted by atomic mass is 16.4. The Morgan fingerprint density at radius 1 is 1.39 bits per heavy atom. The molecule has 0 unspecified atom stereocenters. The molecule has 1 N–H and O–H groups in total. The van der Waals surface area contributed by atoms with Gasteiger partial charge in [-0.3, -0.25) is 0 Å². The van der Waals surface area contributed by atoms with Gasteiger partial charge in [-0.1, -0.05) is 6.92 Å². The molecule has 2 heterocycles. The number of hydrogen-bond donors (Lipinski definition) is 1. The fourth-order valence-corrected chi connectivity index (χ4v) is 1.87. The van der Waals surface area contributed by atoms with Crippen molar-refractivity contribution in [3.8, 4) is 5.82 Å². The quantitative estimate of drug-likeness (QED) is 0.888. The molecule has 94 valence electrons. The fraction of sp³-hybridized carbons (Fsp3) is 0.333. The summed E-state index contributed by atoms with van der Waals surface area (Å²) >= 11 is 0. The summed E-state index contributed by atoms with van der Waals surface area (Å²) in [5.41, 5.74) is 2.17. The lowest BCUT2D eigenvalue weighted by Crippen LogP contribution is -2.05. The summed E-state index contributed by atoms with van der Waals surface area (Å²) in [5.74, 6) is -0.379. The molecule has 0 aliphatic heterocycles. The van der Waals surface area contributed by atoms with Crippen molar-refractivity contribution >= 4 is 5.97 Å². The second kappa shape index (κ2) is 4.56. The standard InChI is InChI=1S/C12H14N4O2/c1-4-9-5-10(14-6-13-9)16-8(3)11(12(17)18)7(2)15-16/h5-6H,4H2,1-3H3,(H,17,18). The topological polar surface area (TPSA) is 80.9 Å². The zero-order valence-electron chi connectivity index (χ0n) is 10.5. The molecule has 6 heteroatoms. The molecule has 0 aliphatic rings. The first-order valence-corrected chi connectivity index (χ1v) is 5.65. The SMILES string of the molecule is CCc1cc(-n2nc(C)c(C(=O)O)c2C)ncn1. The van der Waals surface area contributed by atoms with E-state index in [4.69, 9.17) is 5.11 Å². The lowest BCUT2D eigenvalue weighted by atomic mass is 10.2. The second-order valence-corrected chi connectivity index (χ2v) is 3.98. The Morgan fingerprint density at radius 3 is 2.67 bits per heavy atom. The maximum atomic E-state index is 11.1. The van der Waals surface area contributed by atoms with Gasteiger partial charge >= 0.3 is 5.97 Å². The third-order valence-corrected chi connectivity index (χ3v) is 2.79. The summed E-state index contributed by atoms with van der Waals surface area (Å²) in [4.78, 5) is 19.4. The van der Waals surface area contributed by atoms with Crippen molar-refractivity contribution in [3.63, 3.8) is 0 Å². The molecule has 0 spiro atoms. The number of aryl methyl sites for hydroxylation is 2. The molecule has 0 amide bonds. The van der Waals surface area contributed by atoms with Crippen molar-refractivity contribution in [2.45, 2.75) is 27.2 Å². The molecular formula is C12H14N4O2. The van der Waals surface area contributed by atoms with Gasteiger partial charge in [-0.2, -0.15) is 5.10 Å². The summed E-state index contributed by atoms with van der Waals surface area (Å²) in [5, 5.41) is 13.3. The minimum absolute atomic E-state index is 0.228. The third kappa shape index (κ3) is 1.97. The lowest BCUT2D eigenvalue weighted by molar-refractivity contribution is 0.0695. The zero-order chi connectivity index (χ0) is 13.3. The van der Waals surface area contributed by atoms with E-state index < -0.39 is 5.97 Å². The van der Waals surface area contributed by atoms with Crippen LogP contribution >= 0.6 is 0 Å². The van der Waals surface area contributed by atoms with Gasteiger partial charge in [0.2, 0.25) is 0 Å². The average Bonchev–Trinajstić information content (AvgIpc) is 2.65. The van der Waals surface area contributed by atoms with Crippen LogP contribution in [0.3, 0.4) is 0 Å². The van der Waals surface area contributed by atoms with E-state index in [1.807, 2.05) is 13.0 Å². The van der Waals surface area contributed by atoms with Crippen LogP contribution in [-0.4, -0.2) is 30.8 Å². The molecule has 0 fully saturated rings. The maximum absolute atomic E-state index is 11.1. The van der Waals surface area contributed by atoms with Gasteiger partial charge in [0.1, 0.15) is 11.9 Å². The van der Waals surface area contributed by atoms with Gasteiger partial charge in [-0.25, -0.2) is 19.4 Å². The van der Waals surface area contributed by atoms with E-state index in [0.717, 1.165) is 12.1 Å². The maximum Gasteiger partial charge on any atom is 0.339 e. The van der Waals surface area contributed by atoms with Crippen molar-refractivity contribution in [2.75, 3.05) is 0 Å². The summed E-state index contributed by atoms with van der Waals surface area (Å²) in [6.45, 7) is 5.39. The fourth-order valence-electron chi connectivity index (χ4n) is 1.87. The Kier molecular flexibility index (Phi) is 3.10. The summed E-state index contributed by atoms with van der Waals surface area (Å²) in [6.07, 6.45) is 2.26. The van der Waals surface area contributed by atoms with Gasteiger partial charge in [-0.05, 0) is 20.3 Å². The first-order chi connectivity index (χ1) is 8.54. The number of rotatable bonds is 3. The van der Waals surface area contributed by atoms with Crippen molar-refractivity contribution in [1.29, 1.82) is 0 Å². The van der Waals surface area contributed by atoms with Crippen molar-refractivity contribution < 1.29 is 9.90 Å². The molecule has 2 rings (SSSR count). The van der Waals surface area contributed by atoms with Crippen LogP contribution in [0.15, 0.2) is 12.4 Å². The Morgan fingerprint density at radius 2 is 2.11 bits per heavy atom. The molecule has 2 aromatic rings. The molecule has 0 saturated heterocycles. The van der Waals surface area contributed by atoms with Gasteiger partial charge in [0.15, 0.2) is 5.82 Å². The number of aromatic carboxylic acids is 1. The van der Waals surface area contributed by atoms with Gasteiger partial charge in [0, 0.05) is 11.8 Å². The molecule has 6 nitrogen and oxygen atoms in total. The molecule has 0 bridgehead atoms. The normalized spacial score (nSPS) is 10.6. The average molecular weight is 246 g/mol. The van der Waals surface area contributed by atoms with Crippen LogP contribution < -0.4 is 0 Å². The molecule has 0 aromatic carbocycles. The van der Waals surface area contributed by atoms with Crippen LogP contribution in [-0.2, 0) is 6.42 Å². The Balaban J connectivity index is 2.57. The molecule has 0 atom stereocenters. The molecule has 0 radical (unpaired) electrons. The van der Waals surface area contributed by atoms with Gasteiger partial charge in [-0.15, -0.1) is 0 Å². The molecule has 18 heavy (non-hydrogen) atoms. The van der Waals surface area contributed by atoms with Crippen LogP contribution in [0.2, 0.25) is 0 Å². The largest absolute Gasteiger partial charge is 0.478 e. The van der Waals surface area contributed by atoms with E-state index in [1.165, 1.54) is 6.33 Å². The van der Waals surface area contributed by atoms with Crippen LogP contribution in [0.1, 0.15) is 34.4 Å². The summed E-state index contributed by atoms with van der Waals surface area (Å²) in [6, 6.07) is 1.81. The molecule has 2 aromatic heterocycles. The third-order valence-electron chi connectivity index (χ3n) is 2.79. The van der Waals surface area contributed by atoms with Crippen molar-refractivity contribution in [1.82, 2.24) is 19.7 Å². The summed E-state index contributed by atoms with van der Waals surface area (Å²) in [7, 11) is 0. The van der Waals surface area contributed by atoms with Crippen LogP contribution in [0, 0.1) is 13.8 Å². The lowest BCUT2D eigenvalue weighted by Gasteiger charge is -2.04. The van der Waals surface area contributed by atoms with E-state index >= 15 is 0 Å². The monoisotopic (exact) mass is 246 g/mol. The minimum atomic E-state index is -0.971. The van der Waals surface area contributed by atoms with Gasteiger partial charge < -0.3 is 5.11 Å². The number of nitrogens with zero attached hydrogens (tertiary/aromatic N) is 4. The predicted molar refractivity (Wildman–Crippen MR) is 65.0 cm³/mol. The zero-order valence-corrected chi connectivity index (χ0v) is 10.5. The number of carboxylic acids is 1. The molecule has 0 saturated carbocycles. The number of carbonyl (C=O) groups is 1. The highest BCUT2D eigenvalue weighted by Crippen LogP contribution is 2.16. The van der Waals surface area contributed by atoms with E-state index in [0.29, 0.717) is 17.2 Å². The van der Waals surface area contributed by atoms with Gasteiger partial charge in [0.25, 0.3) is 0 Å². The smallest absolute Gasteiger partial charge is 0.339 e. The minimum Gasteiger partial charge on any atom is -0.478 e. The first kappa shape index (κ1) is 12.2. The second-order valence-electron chi connectivity index (χ2n) is 3.98. The first-order valence-electron chi connectivity index (χ1n) is 5.65. The number of hydrogen-bond acceptors (Lipinski definition) is 4. The summed E-state index contributed by atoms with van der Waals surface area (Å²) < 4.78 is 1.54. The van der Waals surface area contributed by atoms with Crippen LogP contribution in [0.5, 0.6) is 0 Å². The Labute approximate surface area is 104 Å². The van der Waals surface area contributed by atoms with E-state index in [9.17, 15) is 4.79 Å². The van der Waals surface area contributed by atoms with Crippen LogP contribution in [0.25, 0.3) is 5.82 Å². The van der Waals surface area contributed by atoms with Crippen molar-refractivity contribution in [3.05, 3.63) is 35.0 Å². The number of aromatic nitrogens is 4. The van der Waals surface area contributed by atoms with Crippen molar-refractivity contribution in [2.24, 2.45) is 0 Å². The Bertz CT molecular complexity index is 604. The molecular weight excluding hydrogens is 232 g/mol. The number of carboxylic acid groups (broad SMARTS) is 1. The Hall–Kier alpha value is -2.24. The molecule has 0 aliphatic carbocycles. The van der Waals surface area contributed by atoms with Crippen LogP contribution in [0.4, 0.5) is 0 Å². The van der Waals surface area contributed by atoms with E-state index in [1.54, 1.807) is 18.5 Å².